The summed E-state index contributed by atoms with van der Waals surface area (Å²) >= 11 is 61.3. The molecule has 0 radical (unpaired) electrons. The Balaban J connectivity index is -0.000000678. The number of rotatable bonds is 36. The summed E-state index contributed by atoms with van der Waals surface area (Å²) in [6.45, 7) is 2.49. The third-order valence-corrected chi connectivity index (χ3v) is 24.7. The van der Waals surface area contributed by atoms with Crippen molar-refractivity contribution >= 4 is 232 Å². The Bertz CT molecular complexity index is 602. The van der Waals surface area contributed by atoms with Gasteiger partial charge in [0.15, 0.2) is 0 Å². The molecule has 0 fully saturated rings. The molecule has 0 bridgehead atoms. The van der Waals surface area contributed by atoms with Crippen LogP contribution in [0.4, 0.5) is 0 Å². The van der Waals surface area contributed by atoms with Gasteiger partial charge in [-0.1, -0.05) is 6.92 Å². The van der Waals surface area contributed by atoms with E-state index >= 15 is 0 Å². The normalized spacial score (nSPS) is 14.8. The van der Waals surface area contributed by atoms with E-state index in [0.29, 0.717) is 31.5 Å². The van der Waals surface area contributed by atoms with Crippen LogP contribution < -0.4 is 0 Å². The van der Waals surface area contributed by atoms with Gasteiger partial charge in [-0.2, -0.15) is 232 Å². The van der Waals surface area contributed by atoms with Crippen molar-refractivity contribution < 1.29 is 5.11 Å². The molecule has 0 saturated carbocycles. The molecule has 0 aromatic carbocycles. The minimum absolute atomic E-state index is 0.257. The second kappa shape index (κ2) is 52.7. The summed E-state index contributed by atoms with van der Waals surface area (Å²) in [6.07, 6.45) is 1.27. The maximum absolute atomic E-state index is 8.80. The smallest absolute Gasteiger partial charge is 0.0521 e. The maximum Gasteiger partial charge on any atom is 0.0521 e. The molecule has 312 valence electrons. The Morgan fingerprint density at radius 3 is 1.08 bits per heavy atom. The largest absolute Gasteiger partial charge is 0.396 e. The lowest BCUT2D eigenvalue weighted by molar-refractivity contribution is 0.322. The molecule has 0 aliphatic heterocycles. The van der Waals surface area contributed by atoms with Gasteiger partial charge in [0.1, 0.15) is 0 Å². The molecule has 0 aromatic heterocycles. The highest BCUT2D eigenvalue weighted by Gasteiger charge is 2.16. The van der Waals surface area contributed by atoms with Crippen LogP contribution >= 0.6 is 232 Å². The number of aliphatic hydroxyl groups is 1. The topological polar surface area (TPSA) is 20.2 Å². The summed E-state index contributed by atoms with van der Waals surface area (Å²) < 4.78 is 0. The summed E-state index contributed by atoms with van der Waals surface area (Å²) in [4.78, 5) is 0. The number of hydrogen-bond acceptors (Lipinski definition) is 20. The lowest BCUT2D eigenvalue weighted by Gasteiger charge is -2.20. The molecule has 0 aromatic rings. The van der Waals surface area contributed by atoms with Crippen molar-refractivity contribution in [2.24, 2.45) is 0 Å². The lowest BCUT2D eigenvalue weighted by Crippen LogP contribution is -2.18. The molecule has 1 nitrogen and oxygen atoms in total. The third kappa shape index (κ3) is 46.0. The van der Waals surface area contributed by atoms with Gasteiger partial charge in [0.05, 0.1) is 6.61 Å². The minimum Gasteiger partial charge on any atom is -0.396 e. The van der Waals surface area contributed by atoms with Crippen molar-refractivity contribution in [1.29, 1.82) is 0 Å². The van der Waals surface area contributed by atoms with Crippen molar-refractivity contribution in [1.82, 2.24) is 0 Å². The fraction of sp³-hybridized carbons (Fsp3) is 1.00. The van der Waals surface area contributed by atoms with E-state index in [9.17, 15) is 0 Å². The molecule has 0 aliphatic carbocycles. The molecule has 0 amide bonds. The molecule has 6 unspecified atom stereocenters. The van der Waals surface area contributed by atoms with Crippen LogP contribution in [-0.2, 0) is 0 Å². The predicted molar refractivity (Wildman–Crippen MR) is 305 cm³/mol. The van der Waals surface area contributed by atoms with E-state index in [2.05, 4.69) is 157 Å². The van der Waals surface area contributed by atoms with Crippen LogP contribution in [0.2, 0.25) is 0 Å². The molecule has 6 atom stereocenters. The van der Waals surface area contributed by atoms with Gasteiger partial charge in [-0.15, -0.1) is 0 Å². The zero-order valence-corrected chi connectivity index (χ0v) is 46.3. The van der Waals surface area contributed by atoms with Gasteiger partial charge in [-0.05, 0) is 35.2 Å². The summed E-state index contributed by atoms with van der Waals surface area (Å²) in [7, 11) is 0. The van der Waals surface area contributed by atoms with Gasteiger partial charge < -0.3 is 5.11 Å². The van der Waals surface area contributed by atoms with E-state index in [1.165, 1.54) is 35.2 Å². The number of hydrogen-bond donors (Lipinski definition) is 11. The summed E-state index contributed by atoms with van der Waals surface area (Å²) in [5.41, 5.74) is 0. The van der Waals surface area contributed by atoms with Crippen molar-refractivity contribution in [3.05, 3.63) is 0 Å². The average molecular weight is 1070 g/mol. The van der Waals surface area contributed by atoms with Gasteiger partial charge in [-0.3, -0.25) is 0 Å². The zero-order chi connectivity index (χ0) is 38.8. The number of aliphatic hydroxyl groups excluding tert-OH is 1. The number of thioether (sulfide) groups is 9. The molecule has 0 saturated heterocycles. The molecule has 0 spiro atoms. The van der Waals surface area contributed by atoms with Gasteiger partial charge in [-0.25, -0.2) is 0 Å². The summed E-state index contributed by atoms with van der Waals surface area (Å²) in [5.74, 6) is 23.1. The highest BCUT2D eigenvalue weighted by molar-refractivity contribution is 8.07. The van der Waals surface area contributed by atoms with Gasteiger partial charge in [0.25, 0.3) is 0 Å². The van der Waals surface area contributed by atoms with Crippen molar-refractivity contribution in [2.75, 3.05) is 133 Å². The highest BCUT2D eigenvalue weighted by Crippen LogP contribution is 2.27. The molecule has 0 heterocycles. The van der Waals surface area contributed by atoms with Crippen molar-refractivity contribution in [2.45, 2.75) is 44.8 Å². The SMILES string of the molecule is CCCSCC(CS)SC(CS)CSCCS.OCCSC(CS)CSC(CS)CSCCS.SCCSC(CS)CSCC(CS)SCCS. The third-order valence-electron chi connectivity index (χ3n) is 5.80. The molecule has 0 rings (SSSR count). The Kier molecular flexibility index (Phi) is 64.0. The van der Waals surface area contributed by atoms with E-state index in [0.717, 1.165) is 97.8 Å². The van der Waals surface area contributed by atoms with Crippen LogP contribution in [0, 0.1) is 0 Å². The van der Waals surface area contributed by atoms with Crippen LogP contribution in [0.15, 0.2) is 0 Å². The van der Waals surface area contributed by atoms with Crippen LogP contribution in [0.5, 0.6) is 0 Å². The van der Waals surface area contributed by atoms with E-state index in [1.54, 1.807) is 0 Å². The van der Waals surface area contributed by atoms with Crippen molar-refractivity contribution in [3.63, 3.8) is 0 Å². The minimum atomic E-state index is 0.257. The van der Waals surface area contributed by atoms with E-state index in [1.807, 2.05) is 82.3 Å². The fourth-order valence-corrected chi connectivity index (χ4v) is 18.3. The Morgan fingerprint density at radius 1 is 0.373 bits per heavy atom. The average Bonchev–Trinajstić information content (AvgIpc) is 3.16. The van der Waals surface area contributed by atoms with Gasteiger partial charge in [0, 0.05) is 129 Å². The zero-order valence-electron chi connectivity index (χ0n) is 30.0. The molecule has 51 heavy (non-hydrogen) atoms. The van der Waals surface area contributed by atoms with Crippen LogP contribution in [0.25, 0.3) is 0 Å². The predicted octanol–water partition coefficient (Wildman–Crippen LogP) is 10.5. The Hall–Kier alpha value is 6.61. The first-order valence-corrected chi connectivity index (χ1v) is 33.0. The van der Waals surface area contributed by atoms with E-state index < -0.39 is 0 Å². The number of thiol groups is 10. The summed E-state index contributed by atoms with van der Waals surface area (Å²) in [5, 5.41) is 12.6. The summed E-state index contributed by atoms with van der Waals surface area (Å²) in [6, 6.07) is 0. The molecule has 0 aliphatic rings. The van der Waals surface area contributed by atoms with E-state index in [-0.39, 0.29) is 6.61 Å². The van der Waals surface area contributed by atoms with E-state index in [4.69, 9.17) is 5.11 Å². The molecule has 1 N–H and O–H groups in total. The van der Waals surface area contributed by atoms with Crippen LogP contribution in [0.3, 0.4) is 0 Å². The molecular formula is C31H68OS19. The quantitative estimate of drug-likeness (QED) is 0.0220. The van der Waals surface area contributed by atoms with Crippen LogP contribution in [-0.4, -0.2) is 170 Å². The second-order valence-electron chi connectivity index (χ2n) is 10.3. The molecule has 20 heteroatoms. The van der Waals surface area contributed by atoms with Crippen molar-refractivity contribution in [3.8, 4) is 0 Å². The molecular weight excluding hydrogens is 998 g/mol. The fourth-order valence-electron chi connectivity index (χ4n) is 3.31. The first-order chi connectivity index (χ1) is 24.8. The maximum atomic E-state index is 8.80. The first kappa shape index (κ1) is 61.9. The van der Waals surface area contributed by atoms with Gasteiger partial charge >= 0.3 is 0 Å². The second-order valence-corrected chi connectivity index (χ2v) is 26.0. The first-order valence-electron chi connectivity index (χ1n) is 17.0. The highest BCUT2D eigenvalue weighted by atomic mass is 32.2. The monoisotopic (exact) mass is 1060 g/mol. The Labute approximate surface area is 409 Å². The van der Waals surface area contributed by atoms with Gasteiger partial charge in [0.2, 0.25) is 0 Å². The van der Waals surface area contributed by atoms with Crippen LogP contribution in [0.1, 0.15) is 13.3 Å². The lowest BCUT2D eigenvalue weighted by atomic mass is 10.5. The Morgan fingerprint density at radius 2 is 0.706 bits per heavy atom. The standard InChI is InChI=1S/C11H24S6.C10H22OS6.C10H22S7/c1-2-4-15-8-10(6-13)17-11(7-14)9-16-5-3-12;11-1-3-16-10(6-14)8-17-9(5-13)7-15-4-2-12;11-1-3-16-9(5-13)7-15-8-10(6-14)17-4-2-12/h10-14H,2-9H2,1H3;2*9-14H,1-8H2.